The van der Waals surface area contributed by atoms with Crippen LogP contribution < -0.4 is 5.30 Å². The lowest BCUT2D eigenvalue weighted by molar-refractivity contribution is -0.700. The van der Waals surface area contributed by atoms with Gasteiger partial charge in [0.25, 0.3) is 7.34 Å². The fourth-order valence-corrected chi connectivity index (χ4v) is 4.66. The number of ether oxygens (including phenoxy) is 1. The molecule has 1 saturated heterocycles. The lowest BCUT2D eigenvalue weighted by Gasteiger charge is -2.36. The highest BCUT2D eigenvalue weighted by atomic mass is 16.5. The van der Waals surface area contributed by atoms with Gasteiger partial charge in [-0.25, -0.2) is 9.59 Å². The number of hydrogen-bond acceptors (Lipinski definition) is 5. The first-order chi connectivity index (χ1) is 17.6. The molecule has 448 valence electrons. The topological polar surface area (TPSA) is 101 Å². The van der Waals surface area contributed by atoms with E-state index in [0.29, 0.717) is 12.8 Å². The monoisotopic (exact) mass is 746 g/mol. The van der Waals surface area contributed by atoms with Crippen molar-refractivity contribution in [2.75, 3.05) is 6.61 Å². The number of rotatable bonds is 11. The summed E-state index contributed by atoms with van der Waals surface area (Å²) in [5.74, 6) is -2.21. The van der Waals surface area contributed by atoms with Crippen molar-refractivity contribution in [2.24, 2.45) is 5.92 Å². The second kappa shape index (κ2) is 12.0. The highest BCUT2D eigenvalue weighted by molar-refractivity contribution is 5.87. The summed E-state index contributed by atoms with van der Waals surface area (Å²) in [6.45, 7) is 15.3. The van der Waals surface area contributed by atoms with Gasteiger partial charge in [-0.15, -0.1) is 0 Å². The van der Waals surface area contributed by atoms with Crippen molar-refractivity contribution in [3.05, 3.63) is 34.9 Å². The van der Waals surface area contributed by atoms with Gasteiger partial charge in [-0.3, -0.25) is 4.79 Å². The largest absolute Gasteiger partial charge is 0.480 e. The maximum atomic E-state index is 13.9. The summed E-state index contributed by atoms with van der Waals surface area (Å²) >= 11 is 0. The molecule has 1 aliphatic heterocycles. The molecule has 0 aliphatic carbocycles. The Morgan fingerprint density at radius 1 is 1.26 bits per heavy atom. The van der Waals surface area contributed by atoms with Crippen LogP contribution >= 0.6 is 0 Å². The first kappa shape index (κ1) is 24.3. The van der Waals surface area contributed by atoms with E-state index in [4.69, 9.17) is 8.99 Å². The van der Waals surface area contributed by atoms with Crippen LogP contribution in [-0.4, -0.2) is 58.1 Å². The van der Waals surface area contributed by atoms with Gasteiger partial charge in [0.15, 0.2) is 12.1 Å². The molecule has 0 radical (unpaired) electrons. The van der Waals surface area contributed by atoms with E-state index >= 15 is 0 Å². The second-order valence-corrected chi connectivity index (χ2v) is 11.0. The van der Waals surface area contributed by atoms with Gasteiger partial charge < -0.3 is 20.0 Å². The molecule has 0 bridgehead atoms. The molecule has 2 rings (SSSR count). The number of likely N-dealkylation sites (tertiary alicyclic amines) is 1. The number of quaternary nitrogens is 1. The molecule has 7 nitrogen and oxygen atoms in total. The van der Waals surface area contributed by atoms with Crippen molar-refractivity contribution in [3.8, 4) is 0 Å². The number of nitrogens with zero attached hydrogens (tertiary/aromatic N) is 1. The van der Waals surface area contributed by atoms with E-state index in [-0.39, 0.29) is 211 Å². The number of amides is 1. The third kappa shape index (κ3) is 7.29. The minimum atomic E-state index is -1.39. The maximum Gasteiger partial charge on any atom is 0.364 e. The molecule has 0 saturated carbocycles. The Kier molecular flexibility index (Phi) is 8.34. The molecule has 1 amide bonds. The molecular weight excluding hydrogens is 444 g/mol. The van der Waals surface area contributed by atoms with E-state index in [1.165, 1.54) is 4.90 Å². The van der Waals surface area contributed by atoms with Gasteiger partial charge in [-0.05, 0) is 69.1 Å². The third-order valence-electron chi connectivity index (χ3n) is 7.04. The Hall–Kier alpha value is -2.41. The van der Waals surface area contributed by atoms with Gasteiger partial charge in [0.2, 0.25) is 0 Å². The van der Waals surface area contributed by atoms with E-state index < -0.39 is 46.8 Å². The number of hydrogen-bond donors (Lipinski definition) is 2. The van der Waals surface area contributed by atoms with Crippen LogP contribution in [0.25, 0.3) is 1.43 Å². The number of carboxylic acid groups (broad SMARTS) is 1. The molecule has 1 aromatic rings. The van der Waals surface area contributed by atoms with Crippen LogP contribution in [0.3, 0.4) is 0 Å². The third-order valence-corrected chi connectivity index (χ3v) is 7.04. The van der Waals surface area contributed by atoms with Crippen LogP contribution in [0.1, 0.15) is 270 Å². The zero-order valence-corrected chi connectivity index (χ0v) is 22.6. The Bertz CT molecular complexity index is 1120. The normalized spacial score (nSPS) is 21.5. The average Bonchev–Trinajstić information content (AvgIpc) is 3.16. The number of carboxylic acids is 1. The predicted molar refractivity (Wildman–Crippen MR) is 402 cm³/mol. The summed E-state index contributed by atoms with van der Waals surface area (Å²) in [6.07, 6.45) is 1.08. The molecule has 1 fully saturated rings. The van der Waals surface area contributed by atoms with Crippen LogP contribution in [0.15, 0.2) is 18.2 Å². The van der Waals surface area contributed by atoms with E-state index in [1.807, 2.05) is 66.7 Å². The quantitative estimate of drug-likeness (QED) is 0.220. The minimum Gasteiger partial charge on any atom is -0.480 e. The zero-order chi connectivity index (χ0) is 29.0. The standard InChI is InChI=1S/C28H44N2O5.126H2/c1-9-22(25(31)30-24(26(32)33)12-13-28(30,7)8)29-23(27(34)35-16-17(2)3)15-20(6)21-11-10-18(4)19(5)14-21;;;;;;;;;;;;;;;;;;;;;;;;;;;;;;;;;;;;;;;;;;;;;;;;;;;;;;;;;;;;;;;;;;;;;;;;;;;;;;;;;;;;;;;;;;;;;;;;;;;;;;;;;;;;;;;;;;;;;;;;;;;;;;/h10-11,14,17,20,22-24,29H,9,12-13,15-16H2,1-8H3,(H,32,33);126*1H/p+1/t20?,22-,23-,24-;;;;;;;;;;;;;;;;;;;;;;;;;;;;;;;;;;;;;;;;;;;;;;;;;;;;;;;;;;;;;;;;;;;;;;;;;;;;;;;;;;;;;;;;;;;;;;;;;;;;;;;;;;;;;;;;;;;;;;;;;;;;;;/m0............................................................................................................................../s1/i/hD3. The molecule has 0 spiro atoms. The van der Waals surface area contributed by atoms with Crippen LogP contribution in [-0.2, 0) is 19.1 Å². The van der Waals surface area contributed by atoms with E-state index in [1.54, 1.807) is 6.92 Å². The van der Waals surface area contributed by atoms with Gasteiger partial charge in [0.05, 0.1) is 6.61 Å². The van der Waals surface area contributed by atoms with Gasteiger partial charge >= 0.3 is 14.8 Å². The zero-order valence-electron chi connectivity index (χ0n) is 25.6. The Morgan fingerprint density at radius 3 is 2.51 bits per heavy atom. The summed E-state index contributed by atoms with van der Waals surface area (Å²) in [4.78, 5) is 41.0. The number of nitrogens with two attached hydrogens (primary N) is 1. The first-order valence-electron chi connectivity index (χ1n) is 14.1. The maximum absolute atomic E-state index is 13.9. The van der Waals surface area contributed by atoms with Gasteiger partial charge in [0, 0.05) is 198 Å². The van der Waals surface area contributed by atoms with Gasteiger partial charge in [-0.2, -0.15) is 0 Å². The van der Waals surface area contributed by atoms with Crippen LogP contribution in [0.5, 0.6) is 0 Å². The molecule has 1 unspecified atom stereocenters. The fourth-order valence-electron chi connectivity index (χ4n) is 4.66. The lowest BCUT2D eigenvalue weighted by Crippen LogP contribution is -2.99. The van der Waals surface area contributed by atoms with Gasteiger partial charge in [0.1, 0.15) is 6.04 Å². The fraction of sp³-hybridized carbons (Fsp3) is 0.679. The smallest absolute Gasteiger partial charge is 0.364 e. The van der Waals surface area contributed by atoms with Crippen molar-refractivity contribution in [1.82, 2.24) is 4.90 Å². The first-order valence-corrected chi connectivity index (χ1v) is 12.8. The Labute approximate surface area is 402 Å². The van der Waals surface area contributed by atoms with Crippen LogP contribution in [0.4, 0.5) is 0 Å². The lowest BCUT2D eigenvalue weighted by atomic mass is 9.91. The molecule has 35 heavy (non-hydrogen) atoms. The average molecular weight is 747 g/mol. The number of aliphatic carboxylic acids is 1. The number of carbonyl (C=O) groups is 3. The molecule has 1 aromatic carbocycles. The molecule has 7 heteroatoms. The van der Waals surface area contributed by atoms with Crippen LogP contribution in [0.2, 0.25) is 2.82 Å². The summed E-state index contributed by atoms with van der Waals surface area (Å²) < 4.78 is 30.9. The highest BCUT2D eigenvalue weighted by Gasteiger charge is 2.48. The Balaban J connectivity index is -0.000000000981. The van der Waals surface area contributed by atoms with Crippen molar-refractivity contribution < 1.29 is 212 Å². The molecule has 1 aliphatic rings. The van der Waals surface area contributed by atoms with Gasteiger partial charge in [-0.1, -0.05) is 45.9 Å². The van der Waals surface area contributed by atoms with Crippen molar-refractivity contribution in [3.63, 3.8) is 0 Å². The number of benzene rings is 1. The predicted octanol–water partition coefficient (Wildman–Crippen LogP) is 34.6. The van der Waals surface area contributed by atoms with Crippen molar-refractivity contribution in [1.29, 1.82) is 1.43 Å². The summed E-state index contributed by atoms with van der Waals surface area (Å²) in [5.41, 5.74) is 2.50. The van der Waals surface area contributed by atoms with E-state index in [2.05, 4.69) is 5.11 Å². The number of aryl methyl sites for hydroxylation is 2. The summed E-state index contributed by atoms with van der Waals surface area (Å²) in [6, 6.07) is 2.56. The Morgan fingerprint density at radius 2 is 1.94 bits per heavy atom. The number of carbonyl (C=O) groups excluding carboxylic acids is 2. The molecule has 3 N–H and O–H groups in total. The molecule has 1 heterocycles. The van der Waals surface area contributed by atoms with E-state index in [0.717, 1.165) is 16.7 Å². The van der Waals surface area contributed by atoms with E-state index in [9.17, 15) is 14.4 Å². The van der Waals surface area contributed by atoms with Crippen molar-refractivity contribution >= 4 is 17.8 Å². The summed E-state index contributed by atoms with van der Waals surface area (Å²) in [5, 5.41) is 2.82. The minimum absolute atomic E-state index is 0. The van der Waals surface area contributed by atoms with Crippen LogP contribution in [0, 0.1) is 19.8 Å². The highest BCUT2D eigenvalue weighted by Crippen LogP contribution is 2.34. The number of esters is 1. The SMILES string of the molecule is [2H]OC(=O)[C@@H]1CCC(C)(C)N1C(=O)[C@H](CC)[N+]([2H])([2H])[C@@H](CC(C)c1ccc(C)c(C)c1)C(=O)OCC(C)C.[HH].[HH].[HH].[HH].[HH].[HH].[HH].[HH].[HH].[HH].[HH].[HH].[HH].[HH].[HH].[HH].[HH].[HH].[HH].[HH].[HH].[HH].[HH].[HH].[HH].[HH].[HH].[HH].[HH].[HH].[HH].[HH].[HH].[HH].[HH].[HH].[HH].[HH].[HH].[HH].[HH].[HH].[HH].[HH].[HH].[HH].[HH].[HH].[HH].[HH].[HH].[HH].[HH].[HH].[HH].[HH].[HH].[HH].[HH].[HH].[HH].[HH].[HH].[HH].[HH].[HH].[HH].[HH].[HH].[HH].[HH].[HH].[HH].[HH].[HH].[HH].[HH].[HH].[HH].[HH].[HH].[HH].[HH].[HH].[HH].[HH].[HH].[HH].[HH].[HH].[HH].[HH].[HH].[HH].[HH].[HH].[HH].[HH].[HH].[HH].[HH].[HH].[HH].[HH].[HH].[HH].[HH].[HH].[HH].[HH].[HH].[HH].[HH].[HH].[HH].[HH].[HH].[HH].[HH].[HH].[HH].[HH].[HH].[HH].[HH].[HH]. The molecular formula is C28H297N2O5+. The second-order valence-electron chi connectivity index (χ2n) is 11.0. The molecule has 0 aromatic heterocycles. The van der Waals surface area contributed by atoms with Crippen molar-refractivity contribution in [2.45, 2.75) is 111 Å². The molecule has 4 atom stereocenters. The summed E-state index contributed by atoms with van der Waals surface area (Å²) in [7, 11) is 0.